The summed E-state index contributed by atoms with van der Waals surface area (Å²) < 4.78 is 54.2. The number of hydrogen-bond donors (Lipinski definition) is 1. The molecule has 1 aromatic heterocycles. The van der Waals surface area contributed by atoms with Crippen molar-refractivity contribution in [2.24, 2.45) is 0 Å². The van der Waals surface area contributed by atoms with E-state index in [1.54, 1.807) is 4.90 Å². The Kier molecular flexibility index (Phi) is 7.07. The minimum Gasteiger partial charge on any atom is -0.435 e. The Morgan fingerprint density at radius 3 is 2.48 bits per heavy atom. The van der Waals surface area contributed by atoms with E-state index < -0.39 is 16.4 Å². The van der Waals surface area contributed by atoms with E-state index in [0.717, 1.165) is 37.4 Å². The number of benzene rings is 1. The van der Waals surface area contributed by atoms with Crippen molar-refractivity contribution in [3.8, 4) is 17.1 Å². The fourth-order valence-corrected chi connectivity index (χ4v) is 6.88. The molecular formula is C20H25F2N5O4S2. The number of rotatable bonds is 8. The fraction of sp³-hybridized carbons (Fsp3) is 0.550. The van der Waals surface area contributed by atoms with Crippen molar-refractivity contribution in [2.45, 2.75) is 56.0 Å². The van der Waals surface area contributed by atoms with Crippen molar-refractivity contribution in [2.75, 3.05) is 23.1 Å². The molecule has 1 amide bonds. The van der Waals surface area contributed by atoms with E-state index in [-0.39, 0.29) is 41.0 Å². The number of nitrogens with two attached hydrogens (primary N) is 1. The van der Waals surface area contributed by atoms with Crippen LogP contribution < -0.4 is 10.6 Å². The number of sulfone groups is 1. The van der Waals surface area contributed by atoms with Crippen molar-refractivity contribution in [3.63, 3.8) is 0 Å². The molecule has 1 atom stereocenters. The topological polar surface area (TPSA) is 120 Å². The van der Waals surface area contributed by atoms with Crippen LogP contribution in [0.25, 0.3) is 11.4 Å². The molecule has 0 bridgehead atoms. The van der Waals surface area contributed by atoms with Crippen LogP contribution in [-0.2, 0) is 14.6 Å². The summed E-state index contributed by atoms with van der Waals surface area (Å²) in [5, 5.41) is 8.41. The SMILES string of the molecule is Nn1c(SCC(=O)N(C2CCCC2)[C@H]2CCS(=O)(=O)C2)nnc1-c1ccc(OC(F)F)cc1. The number of nitrogens with zero attached hydrogens (tertiary/aromatic N) is 4. The van der Waals surface area contributed by atoms with E-state index in [0.29, 0.717) is 23.0 Å². The molecule has 0 radical (unpaired) electrons. The molecule has 1 aliphatic heterocycles. The van der Waals surface area contributed by atoms with Gasteiger partial charge in [0.05, 0.1) is 17.3 Å². The Balaban J connectivity index is 1.43. The quantitative estimate of drug-likeness (QED) is 0.432. The summed E-state index contributed by atoms with van der Waals surface area (Å²) in [4.78, 5) is 14.9. The molecule has 2 aromatic rings. The van der Waals surface area contributed by atoms with E-state index >= 15 is 0 Å². The number of aromatic nitrogens is 3. The Labute approximate surface area is 194 Å². The predicted octanol–water partition coefficient (Wildman–Crippen LogP) is 2.31. The third-order valence-electron chi connectivity index (χ3n) is 5.93. The van der Waals surface area contributed by atoms with E-state index in [2.05, 4.69) is 14.9 Å². The maximum atomic E-state index is 13.2. The van der Waals surface area contributed by atoms with Gasteiger partial charge < -0.3 is 15.5 Å². The minimum atomic E-state index is -3.11. The van der Waals surface area contributed by atoms with Crippen LogP contribution in [-0.4, -0.2) is 70.1 Å². The first-order chi connectivity index (χ1) is 15.7. The van der Waals surface area contributed by atoms with Crippen molar-refractivity contribution in [3.05, 3.63) is 24.3 Å². The molecule has 0 unspecified atom stereocenters. The molecule has 0 spiro atoms. The zero-order valence-electron chi connectivity index (χ0n) is 17.8. The smallest absolute Gasteiger partial charge is 0.387 e. The number of hydrogen-bond acceptors (Lipinski definition) is 8. The average Bonchev–Trinajstić information content (AvgIpc) is 3.48. The third-order valence-corrected chi connectivity index (χ3v) is 8.61. The van der Waals surface area contributed by atoms with Crippen LogP contribution in [0, 0.1) is 0 Å². The molecule has 2 heterocycles. The lowest BCUT2D eigenvalue weighted by atomic mass is 10.1. The molecule has 1 aromatic carbocycles. The fourth-order valence-electron chi connectivity index (χ4n) is 4.44. The average molecular weight is 502 g/mol. The Morgan fingerprint density at radius 1 is 1.18 bits per heavy atom. The maximum absolute atomic E-state index is 13.2. The molecule has 2 aliphatic rings. The summed E-state index contributed by atoms with van der Waals surface area (Å²) in [5.41, 5.74) is 0.550. The summed E-state index contributed by atoms with van der Waals surface area (Å²) in [6.07, 6.45) is 4.30. The van der Waals surface area contributed by atoms with Crippen LogP contribution >= 0.6 is 11.8 Å². The van der Waals surface area contributed by atoms with E-state index in [1.165, 1.54) is 28.9 Å². The van der Waals surface area contributed by atoms with Gasteiger partial charge in [0.1, 0.15) is 5.75 Å². The van der Waals surface area contributed by atoms with Gasteiger partial charge in [-0.25, -0.2) is 13.1 Å². The number of halogens is 2. The van der Waals surface area contributed by atoms with Gasteiger partial charge in [-0.3, -0.25) is 4.79 Å². The number of carbonyl (C=O) groups excluding carboxylic acids is 1. The van der Waals surface area contributed by atoms with Crippen molar-refractivity contribution in [1.29, 1.82) is 0 Å². The highest BCUT2D eigenvalue weighted by molar-refractivity contribution is 7.99. The molecule has 1 saturated heterocycles. The lowest BCUT2D eigenvalue weighted by Crippen LogP contribution is -2.47. The number of carbonyl (C=O) groups is 1. The zero-order chi connectivity index (χ0) is 23.6. The van der Waals surface area contributed by atoms with Crippen molar-refractivity contribution in [1.82, 2.24) is 19.8 Å². The van der Waals surface area contributed by atoms with Crippen molar-refractivity contribution >= 4 is 27.5 Å². The molecule has 1 aliphatic carbocycles. The summed E-state index contributed by atoms with van der Waals surface area (Å²) in [6, 6.07) is 5.60. The Hall–Kier alpha value is -2.41. The van der Waals surface area contributed by atoms with Gasteiger partial charge in [0.15, 0.2) is 15.7 Å². The van der Waals surface area contributed by atoms with Gasteiger partial charge in [0.25, 0.3) is 0 Å². The molecule has 2 N–H and O–H groups in total. The highest BCUT2D eigenvalue weighted by Crippen LogP contribution is 2.31. The highest BCUT2D eigenvalue weighted by Gasteiger charge is 2.39. The molecule has 180 valence electrons. The lowest BCUT2D eigenvalue weighted by Gasteiger charge is -2.34. The van der Waals surface area contributed by atoms with Gasteiger partial charge in [-0.1, -0.05) is 24.6 Å². The molecule has 4 rings (SSSR count). The molecule has 2 fully saturated rings. The summed E-state index contributed by atoms with van der Waals surface area (Å²) >= 11 is 1.13. The van der Waals surface area contributed by atoms with E-state index in [1.807, 2.05) is 0 Å². The predicted molar refractivity (Wildman–Crippen MR) is 119 cm³/mol. The monoisotopic (exact) mass is 501 g/mol. The first kappa shape index (κ1) is 23.7. The summed E-state index contributed by atoms with van der Waals surface area (Å²) in [5.74, 6) is 6.49. The van der Waals surface area contributed by atoms with E-state index in [4.69, 9.17) is 5.84 Å². The van der Waals surface area contributed by atoms with Gasteiger partial charge in [0.2, 0.25) is 11.1 Å². The number of nitrogen functional groups attached to an aromatic ring is 1. The van der Waals surface area contributed by atoms with E-state index in [9.17, 15) is 22.0 Å². The van der Waals surface area contributed by atoms with Gasteiger partial charge in [0, 0.05) is 17.6 Å². The largest absolute Gasteiger partial charge is 0.435 e. The van der Waals surface area contributed by atoms with Gasteiger partial charge in [-0.05, 0) is 43.5 Å². The van der Waals surface area contributed by atoms with Crippen molar-refractivity contribution < 1.29 is 26.7 Å². The standard InChI is InChI=1S/C20H25F2N5O4S2/c21-19(22)31-16-7-5-13(6-8-16)18-24-25-20(27(18)23)32-11-17(28)26(14-3-1-2-4-14)15-9-10-33(29,30)12-15/h5-8,14-15,19H,1-4,9-12,23H2/t15-/m0/s1. The number of thioether (sulfide) groups is 1. The Bertz CT molecular complexity index is 1090. The second-order valence-corrected chi connectivity index (χ2v) is 11.3. The van der Waals surface area contributed by atoms with Crippen LogP contribution in [0.5, 0.6) is 5.75 Å². The maximum Gasteiger partial charge on any atom is 0.387 e. The second-order valence-electron chi connectivity index (χ2n) is 8.16. The van der Waals surface area contributed by atoms with Crippen LogP contribution in [0.2, 0.25) is 0 Å². The second kappa shape index (κ2) is 9.84. The number of ether oxygens (including phenoxy) is 1. The third kappa shape index (κ3) is 5.57. The van der Waals surface area contributed by atoms with Crippen LogP contribution in [0.15, 0.2) is 29.4 Å². The first-order valence-electron chi connectivity index (χ1n) is 10.6. The summed E-state index contributed by atoms with van der Waals surface area (Å²) in [6.45, 7) is -2.91. The molecule has 33 heavy (non-hydrogen) atoms. The zero-order valence-corrected chi connectivity index (χ0v) is 19.4. The minimum absolute atomic E-state index is 0.0120. The van der Waals surface area contributed by atoms with Gasteiger partial charge >= 0.3 is 6.61 Å². The van der Waals surface area contributed by atoms with Crippen LogP contribution in [0.3, 0.4) is 0 Å². The van der Waals surface area contributed by atoms with Crippen LogP contribution in [0.4, 0.5) is 8.78 Å². The normalized spacial score (nSPS) is 20.4. The molecule has 9 nitrogen and oxygen atoms in total. The van der Waals surface area contributed by atoms with Gasteiger partial charge in [-0.2, -0.15) is 8.78 Å². The lowest BCUT2D eigenvalue weighted by molar-refractivity contribution is -0.132. The number of alkyl halides is 2. The summed E-state index contributed by atoms with van der Waals surface area (Å²) in [7, 11) is -3.11. The van der Waals surface area contributed by atoms with Gasteiger partial charge in [-0.15, -0.1) is 10.2 Å². The Morgan fingerprint density at radius 2 is 1.88 bits per heavy atom. The number of amides is 1. The molecule has 1 saturated carbocycles. The highest BCUT2D eigenvalue weighted by atomic mass is 32.2. The molecule has 13 heteroatoms. The van der Waals surface area contributed by atoms with Crippen LogP contribution in [0.1, 0.15) is 32.1 Å². The first-order valence-corrected chi connectivity index (χ1v) is 13.4. The molecular weight excluding hydrogens is 476 g/mol.